The Morgan fingerprint density at radius 3 is 2.55 bits per heavy atom. The average molecular weight is 310 g/mol. The first-order valence-corrected chi connectivity index (χ1v) is 6.70. The van der Waals surface area contributed by atoms with Crippen LogP contribution in [0.5, 0.6) is 0 Å². The van der Waals surface area contributed by atoms with Crippen LogP contribution in [0.4, 0.5) is 5.69 Å². The van der Waals surface area contributed by atoms with Crippen molar-refractivity contribution in [2.75, 3.05) is 5.73 Å². The maximum Gasteiger partial charge on any atom is 0.251 e. The number of rotatable bonds is 3. The molecule has 1 heterocycles. The molecule has 1 aromatic heterocycles. The third kappa shape index (κ3) is 3.21. The summed E-state index contributed by atoms with van der Waals surface area (Å²) >= 11 is 11.8. The summed E-state index contributed by atoms with van der Waals surface area (Å²) in [5.41, 5.74) is 7.18. The first kappa shape index (κ1) is 14.6. The molecule has 104 valence electrons. The largest absolute Gasteiger partial charge is 0.396 e. The Balaban J connectivity index is 2.17. The Kier molecular flexibility index (Phi) is 4.47. The van der Waals surface area contributed by atoms with Gasteiger partial charge < -0.3 is 11.1 Å². The van der Waals surface area contributed by atoms with Crippen molar-refractivity contribution < 1.29 is 4.79 Å². The summed E-state index contributed by atoms with van der Waals surface area (Å²) in [4.78, 5) is 16.2. The van der Waals surface area contributed by atoms with Crippen molar-refractivity contribution in [1.82, 2.24) is 10.3 Å². The number of carbonyl (C=O) groups excluding carboxylic acids is 1. The van der Waals surface area contributed by atoms with Gasteiger partial charge in [-0.15, -0.1) is 0 Å². The minimum atomic E-state index is -0.273. The molecule has 0 aliphatic rings. The second kappa shape index (κ2) is 6.11. The molecule has 0 unspecified atom stereocenters. The zero-order valence-electron chi connectivity index (χ0n) is 10.7. The molecule has 0 aliphatic heterocycles. The molecule has 0 saturated heterocycles. The summed E-state index contributed by atoms with van der Waals surface area (Å²) in [6, 6.07) is 6.52. The van der Waals surface area contributed by atoms with Gasteiger partial charge in [0, 0.05) is 18.0 Å². The van der Waals surface area contributed by atoms with Crippen molar-refractivity contribution in [3.8, 4) is 0 Å². The Labute approximate surface area is 126 Å². The molecule has 4 nitrogen and oxygen atoms in total. The number of amides is 1. The predicted octanol–water partition coefficient (Wildman–Crippen LogP) is 3.46. The minimum Gasteiger partial charge on any atom is -0.396 e. The van der Waals surface area contributed by atoms with Gasteiger partial charge in [0.05, 0.1) is 21.8 Å². The van der Waals surface area contributed by atoms with E-state index in [2.05, 4.69) is 10.3 Å². The van der Waals surface area contributed by atoms with Crippen LogP contribution in [0.3, 0.4) is 0 Å². The molecule has 1 amide bonds. The highest BCUT2D eigenvalue weighted by molar-refractivity contribution is 6.39. The third-order valence-electron chi connectivity index (χ3n) is 2.87. The predicted molar refractivity (Wildman–Crippen MR) is 81.0 cm³/mol. The number of anilines is 1. The molecule has 2 rings (SSSR count). The van der Waals surface area contributed by atoms with Crippen molar-refractivity contribution in [3.63, 3.8) is 0 Å². The van der Waals surface area contributed by atoms with E-state index < -0.39 is 0 Å². The first-order chi connectivity index (χ1) is 9.49. The Morgan fingerprint density at radius 2 is 2.00 bits per heavy atom. The van der Waals surface area contributed by atoms with Gasteiger partial charge in [-0.05, 0) is 30.7 Å². The van der Waals surface area contributed by atoms with Crippen molar-refractivity contribution in [3.05, 3.63) is 57.8 Å². The number of nitrogen functional groups attached to an aromatic ring is 1. The van der Waals surface area contributed by atoms with E-state index in [4.69, 9.17) is 28.9 Å². The van der Waals surface area contributed by atoms with Gasteiger partial charge >= 0.3 is 0 Å². The summed E-state index contributed by atoms with van der Waals surface area (Å²) in [6.45, 7) is 1.87. The van der Waals surface area contributed by atoms with Gasteiger partial charge in [0.25, 0.3) is 5.91 Å². The zero-order chi connectivity index (χ0) is 14.7. The highest BCUT2D eigenvalue weighted by Gasteiger charge is 2.14. The zero-order valence-corrected chi connectivity index (χ0v) is 12.2. The lowest BCUT2D eigenvalue weighted by Crippen LogP contribution is -2.26. The van der Waals surface area contributed by atoms with Crippen molar-refractivity contribution in [1.29, 1.82) is 0 Å². The molecule has 0 fully saturated rings. The molecule has 2 aromatic rings. The number of hydrogen-bond donors (Lipinski definition) is 2. The van der Waals surface area contributed by atoms with Gasteiger partial charge in [-0.2, -0.15) is 0 Å². The summed E-state index contributed by atoms with van der Waals surface area (Å²) in [7, 11) is 0. The minimum absolute atomic E-state index is 0.175. The van der Waals surface area contributed by atoms with Gasteiger partial charge in [-0.25, -0.2) is 0 Å². The van der Waals surface area contributed by atoms with E-state index in [0.717, 1.165) is 5.56 Å². The molecule has 1 aromatic carbocycles. The number of benzene rings is 1. The number of halogens is 2. The highest BCUT2D eigenvalue weighted by atomic mass is 35.5. The van der Waals surface area contributed by atoms with Crippen LogP contribution in [-0.4, -0.2) is 10.9 Å². The molecule has 0 bridgehead atoms. The van der Waals surface area contributed by atoms with E-state index in [1.54, 1.807) is 12.4 Å². The molecule has 0 radical (unpaired) electrons. The maximum atomic E-state index is 12.2. The summed E-state index contributed by atoms with van der Waals surface area (Å²) in [5, 5.41) is 3.37. The maximum absolute atomic E-state index is 12.2. The quantitative estimate of drug-likeness (QED) is 0.853. The van der Waals surface area contributed by atoms with Crippen LogP contribution in [0.15, 0.2) is 36.7 Å². The number of pyridine rings is 1. The van der Waals surface area contributed by atoms with Gasteiger partial charge in [0.15, 0.2) is 0 Å². The molecule has 1 atom stereocenters. The normalized spacial score (nSPS) is 11.9. The van der Waals surface area contributed by atoms with Crippen molar-refractivity contribution >= 4 is 34.8 Å². The Hall–Kier alpha value is -1.78. The van der Waals surface area contributed by atoms with Crippen LogP contribution in [0.1, 0.15) is 28.9 Å². The van der Waals surface area contributed by atoms with Crippen molar-refractivity contribution in [2.24, 2.45) is 0 Å². The van der Waals surface area contributed by atoms with E-state index in [-0.39, 0.29) is 27.7 Å². The number of nitrogens with two attached hydrogens (primary N) is 1. The van der Waals surface area contributed by atoms with E-state index in [1.807, 2.05) is 19.1 Å². The monoisotopic (exact) mass is 309 g/mol. The Morgan fingerprint density at radius 1 is 1.35 bits per heavy atom. The number of carbonyl (C=O) groups is 1. The lowest BCUT2D eigenvalue weighted by molar-refractivity contribution is 0.0940. The van der Waals surface area contributed by atoms with Crippen LogP contribution in [0.25, 0.3) is 0 Å². The second-order valence-corrected chi connectivity index (χ2v) is 5.15. The van der Waals surface area contributed by atoms with E-state index >= 15 is 0 Å². The molecule has 0 saturated carbocycles. The number of hydrogen-bond acceptors (Lipinski definition) is 3. The van der Waals surface area contributed by atoms with Crippen LogP contribution in [-0.2, 0) is 0 Å². The van der Waals surface area contributed by atoms with Crippen LogP contribution in [0.2, 0.25) is 10.0 Å². The number of nitrogens with zero attached hydrogens (tertiary/aromatic N) is 1. The summed E-state index contributed by atoms with van der Waals surface area (Å²) in [5.74, 6) is -0.273. The molecular weight excluding hydrogens is 297 g/mol. The average Bonchev–Trinajstić information content (AvgIpc) is 2.45. The lowest BCUT2D eigenvalue weighted by atomic mass is 10.1. The smallest absolute Gasteiger partial charge is 0.251 e. The lowest BCUT2D eigenvalue weighted by Gasteiger charge is -2.14. The van der Waals surface area contributed by atoms with Crippen LogP contribution in [0, 0.1) is 0 Å². The van der Waals surface area contributed by atoms with Gasteiger partial charge in [0.1, 0.15) is 0 Å². The van der Waals surface area contributed by atoms with E-state index in [9.17, 15) is 4.79 Å². The van der Waals surface area contributed by atoms with Gasteiger partial charge in [-0.1, -0.05) is 29.3 Å². The van der Waals surface area contributed by atoms with E-state index in [1.165, 1.54) is 12.1 Å². The van der Waals surface area contributed by atoms with Crippen molar-refractivity contribution in [2.45, 2.75) is 13.0 Å². The molecular formula is C14H13Cl2N3O. The first-order valence-electron chi connectivity index (χ1n) is 5.94. The second-order valence-electron chi connectivity index (χ2n) is 4.34. The topological polar surface area (TPSA) is 68.0 Å². The third-order valence-corrected chi connectivity index (χ3v) is 3.50. The molecule has 0 aliphatic carbocycles. The fourth-order valence-corrected chi connectivity index (χ4v) is 2.20. The number of aromatic nitrogens is 1. The summed E-state index contributed by atoms with van der Waals surface area (Å²) < 4.78 is 0. The van der Waals surface area contributed by atoms with Gasteiger partial charge in [-0.3, -0.25) is 9.78 Å². The molecule has 3 N–H and O–H groups in total. The van der Waals surface area contributed by atoms with Gasteiger partial charge in [0.2, 0.25) is 0 Å². The highest BCUT2D eigenvalue weighted by Crippen LogP contribution is 2.29. The van der Waals surface area contributed by atoms with Crippen LogP contribution < -0.4 is 11.1 Å². The standard InChI is InChI=1S/C14H13Cl2N3O/c1-8(9-3-2-4-18-7-9)19-14(20)10-5-11(15)13(17)12(16)6-10/h2-8H,17H2,1H3,(H,19,20)/t8-/m1/s1. The SMILES string of the molecule is C[C@@H](NC(=O)c1cc(Cl)c(N)c(Cl)c1)c1cccnc1. The van der Waals surface area contributed by atoms with Crippen LogP contribution >= 0.6 is 23.2 Å². The molecule has 20 heavy (non-hydrogen) atoms. The fraction of sp³-hybridized carbons (Fsp3) is 0.143. The van der Waals surface area contributed by atoms with E-state index in [0.29, 0.717) is 5.56 Å². The summed E-state index contributed by atoms with van der Waals surface area (Å²) in [6.07, 6.45) is 3.38. The number of nitrogens with one attached hydrogen (secondary N) is 1. The molecule has 0 spiro atoms. The molecule has 6 heteroatoms. The fourth-order valence-electron chi connectivity index (χ4n) is 1.71. The Bertz CT molecular complexity index is 609.